The van der Waals surface area contributed by atoms with Crippen molar-refractivity contribution in [3.05, 3.63) is 90.1 Å². The van der Waals surface area contributed by atoms with Crippen LogP contribution in [0.1, 0.15) is 49.4 Å². The lowest BCUT2D eigenvalue weighted by Crippen LogP contribution is -2.60. The van der Waals surface area contributed by atoms with Crippen molar-refractivity contribution in [2.45, 2.75) is 100 Å². The molecular formula is C47H67N17O9S2. The van der Waals surface area contributed by atoms with Crippen molar-refractivity contribution in [1.82, 2.24) is 62.8 Å². The average Bonchev–Trinajstić information content (AvgIpc) is 4.06. The predicted molar refractivity (Wildman–Crippen MR) is 285 cm³/mol. The molecule has 8 atom stereocenters. The molecule has 0 aliphatic carbocycles. The second-order valence-corrected chi connectivity index (χ2v) is 18.1. The number of hydrogen-bond acceptors (Lipinski definition) is 14. The predicted octanol–water partition coefficient (Wildman–Crippen LogP) is -2.87. The van der Waals surface area contributed by atoms with Crippen LogP contribution in [0.3, 0.4) is 0 Å². The zero-order valence-corrected chi connectivity index (χ0v) is 42.9. The number of rotatable bonds is 31. The number of carboxylic acids is 1. The van der Waals surface area contributed by atoms with Crippen molar-refractivity contribution >= 4 is 95.4 Å². The summed E-state index contributed by atoms with van der Waals surface area (Å²) >= 11 is 8.25. The number of benzene rings is 2. The maximum Gasteiger partial charge on any atom is 0.327 e. The molecule has 4 rings (SSSR count). The molecule has 406 valence electrons. The third-order valence-electron chi connectivity index (χ3n) is 11.6. The lowest BCUT2D eigenvalue weighted by molar-refractivity contribution is -0.141. The molecule has 2 heterocycles. The van der Waals surface area contributed by atoms with Crippen LogP contribution in [-0.2, 0) is 57.6 Å². The van der Waals surface area contributed by atoms with Crippen LogP contribution in [-0.4, -0.2) is 152 Å². The molecule has 4 aromatic rings. The number of nitrogens with two attached hydrogens (primary N) is 3. The van der Waals surface area contributed by atoms with E-state index in [1.807, 2.05) is 18.2 Å². The number of imidazole rings is 1. The summed E-state index contributed by atoms with van der Waals surface area (Å²) in [5, 5.41) is 48.7. The number of H-pyrrole nitrogens is 2. The van der Waals surface area contributed by atoms with Gasteiger partial charge in [-0.25, -0.2) is 9.78 Å². The van der Waals surface area contributed by atoms with Gasteiger partial charge < -0.3 is 80.1 Å². The lowest BCUT2D eigenvalue weighted by atomic mass is 10.0. The molecule has 0 aliphatic rings. The van der Waals surface area contributed by atoms with Gasteiger partial charge in [-0.3, -0.25) is 44.4 Å². The van der Waals surface area contributed by atoms with Gasteiger partial charge >= 0.3 is 5.97 Å². The van der Waals surface area contributed by atoms with Crippen LogP contribution in [0.15, 0.2) is 73.3 Å². The van der Waals surface area contributed by atoms with E-state index in [0.717, 1.165) is 10.9 Å². The molecule has 26 nitrogen and oxygen atoms in total. The quantitative estimate of drug-likeness (QED) is 0.0104. The minimum absolute atomic E-state index is 0.0778. The van der Waals surface area contributed by atoms with Gasteiger partial charge in [-0.05, 0) is 49.8 Å². The molecule has 0 saturated carbocycles. The molecule has 28 heteroatoms. The van der Waals surface area contributed by atoms with Crippen LogP contribution in [0.2, 0.25) is 0 Å². The van der Waals surface area contributed by atoms with E-state index in [2.05, 4.69) is 88.1 Å². The van der Waals surface area contributed by atoms with Crippen LogP contribution in [0, 0.1) is 10.8 Å². The number of aliphatic carboxylic acids is 1. The Morgan fingerprint density at radius 3 is 1.71 bits per heavy atom. The molecule has 0 fully saturated rings. The zero-order chi connectivity index (χ0) is 55.0. The van der Waals surface area contributed by atoms with Gasteiger partial charge in [0, 0.05) is 67.2 Å². The van der Waals surface area contributed by atoms with Gasteiger partial charge in [0.2, 0.25) is 41.4 Å². The number of aromatic amines is 2. The van der Waals surface area contributed by atoms with Gasteiger partial charge in [-0.2, -0.15) is 25.3 Å². The molecule has 2 aromatic heterocycles. The second kappa shape index (κ2) is 30.4. The molecule has 0 saturated heterocycles. The third-order valence-corrected chi connectivity index (χ3v) is 12.3. The van der Waals surface area contributed by atoms with Crippen molar-refractivity contribution in [2.75, 3.05) is 24.6 Å². The third kappa shape index (κ3) is 19.8. The first kappa shape index (κ1) is 59.7. The molecule has 7 amide bonds. The summed E-state index contributed by atoms with van der Waals surface area (Å²) in [4.78, 5) is 119. The van der Waals surface area contributed by atoms with Crippen LogP contribution in [0.5, 0.6) is 0 Å². The van der Waals surface area contributed by atoms with E-state index in [1.54, 1.807) is 42.6 Å². The molecule has 20 N–H and O–H groups in total. The maximum absolute atomic E-state index is 14.6. The van der Waals surface area contributed by atoms with Gasteiger partial charge in [0.15, 0.2) is 11.9 Å². The van der Waals surface area contributed by atoms with Crippen LogP contribution < -0.4 is 65.1 Å². The minimum Gasteiger partial charge on any atom is -0.480 e. The topological polar surface area (TPSA) is 435 Å². The van der Waals surface area contributed by atoms with E-state index in [-0.39, 0.29) is 68.5 Å². The molecule has 2 aromatic carbocycles. The van der Waals surface area contributed by atoms with E-state index >= 15 is 0 Å². The van der Waals surface area contributed by atoms with Gasteiger partial charge in [-0.15, -0.1) is 0 Å². The Labute approximate surface area is 443 Å². The number of aromatic nitrogens is 3. The standard InChI is InChI=1S/C47H67N17O9S2/c1-25(58-44(71)36(22-74)63-39(66)30(48)12-7-15-54-46(49)50)38(65)60-35(19-28-21-53-24-57-28)43(70)61-33(17-26-9-3-2-4-10-26)41(68)59-32(14-8-16-55-47(51)52)40(67)62-34(42(69)64-37(23-75)45(72)73)18-27-20-56-31-13-6-5-11-29(27)31/h2-6,9-11,13,20-21,24-25,30,32-37,56,74-75H,7-8,12,14-19,22-23,48H2,1H3,(H,53,57)(H,58,71)(H,59,68)(H,60,65)(H,61,70)(H,62,67)(H,63,66)(H,64,69)(H,72,73)(H4,49,50,54)(H4,51,52,55)/t25-,30+,32+,33-,34+,35+,36+,37+/m1/s1. The van der Waals surface area contributed by atoms with Gasteiger partial charge in [-0.1, -0.05) is 48.5 Å². The average molecular weight is 1080 g/mol. The maximum atomic E-state index is 14.6. The molecule has 0 spiro atoms. The Balaban J connectivity index is 1.57. The highest BCUT2D eigenvalue weighted by molar-refractivity contribution is 7.80. The number of fused-ring (bicyclic) bond motifs is 1. The largest absolute Gasteiger partial charge is 0.480 e. The number of guanidine groups is 2. The molecule has 0 bridgehead atoms. The summed E-state index contributed by atoms with van der Waals surface area (Å²) in [7, 11) is 0. The number of thiol groups is 2. The van der Waals surface area contributed by atoms with Crippen molar-refractivity contribution < 1.29 is 43.5 Å². The Bertz CT molecular complexity index is 2590. The molecule has 0 radical (unpaired) electrons. The number of amides is 7. The van der Waals surface area contributed by atoms with Crippen LogP contribution in [0.25, 0.3) is 10.9 Å². The number of para-hydroxylation sites is 1. The monoisotopic (exact) mass is 1080 g/mol. The van der Waals surface area contributed by atoms with Crippen LogP contribution >= 0.6 is 25.3 Å². The van der Waals surface area contributed by atoms with E-state index in [9.17, 15) is 43.5 Å². The van der Waals surface area contributed by atoms with Crippen molar-refractivity contribution in [1.29, 1.82) is 10.8 Å². The molecular weight excluding hydrogens is 1010 g/mol. The lowest BCUT2D eigenvalue weighted by Gasteiger charge is -2.27. The fraction of sp³-hybridized carbons (Fsp3) is 0.426. The number of hydrogen-bond donors (Lipinski definition) is 19. The molecule has 0 unspecified atom stereocenters. The number of carboxylic acid groups (broad SMARTS) is 1. The summed E-state index contributed by atoms with van der Waals surface area (Å²) < 4.78 is 0. The first-order chi connectivity index (χ1) is 35.8. The summed E-state index contributed by atoms with van der Waals surface area (Å²) in [6.07, 6.45) is 4.79. The van der Waals surface area contributed by atoms with Crippen molar-refractivity contribution in [3.63, 3.8) is 0 Å². The number of carbonyl (C=O) groups is 8. The SMILES string of the molecule is C[C@@H](NC(=O)[C@H](CS)NC(=O)[C@@H](N)CCCNC(=N)N)C(=O)N[C@@H](Cc1c[nH]cn1)C(=O)N[C@H](Cc1ccccc1)C(=O)N[C@@H](CCCNC(=N)N)C(=O)N[C@@H](Cc1c[nH]c2ccccc12)C(=O)N[C@@H](CS)C(=O)O. The minimum atomic E-state index is -1.41. The normalized spacial score (nSPS) is 14.2. The first-order valence-electron chi connectivity index (χ1n) is 23.8. The first-order valence-corrected chi connectivity index (χ1v) is 25.1. The Kier molecular flexibility index (Phi) is 24.2. The zero-order valence-electron chi connectivity index (χ0n) is 41.1. The van der Waals surface area contributed by atoms with E-state index < -0.39 is 95.7 Å². The Morgan fingerprint density at radius 1 is 0.613 bits per heavy atom. The van der Waals surface area contributed by atoms with Crippen molar-refractivity contribution in [3.8, 4) is 0 Å². The number of nitrogens with one attached hydrogen (secondary N) is 13. The highest BCUT2D eigenvalue weighted by Gasteiger charge is 2.34. The second-order valence-electron chi connectivity index (χ2n) is 17.4. The van der Waals surface area contributed by atoms with Gasteiger partial charge in [0.25, 0.3) is 0 Å². The van der Waals surface area contributed by atoms with E-state index in [4.69, 9.17) is 28.0 Å². The molecule has 0 aliphatic heterocycles. The van der Waals surface area contributed by atoms with E-state index in [1.165, 1.54) is 19.4 Å². The number of carbonyl (C=O) groups excluding carboxylic acids is 7. The number of nitrogens with zero attached hydrogens (tertiary/aromatic N) is 1. The van der Waals surface area contributed by atoms with Crippen LogP contribution in [0.4, 0.5) is 0 Å². The fourth-order valence-corrected chi connectivity index (χ4v) is 8.01. The smallest absolute Gasteiger partial charge is 0.327 e. The van der Waals surface area contributed by atoms with Gasteiger partial charge in [0.05, 0.1) is 18.1 Å². The van der Waals surface area contributed by atoms with Crippen molar-refractivity contribution in [2.24, 2.45) is 17.2 Å². The Hall–Kier alpha value is -7.85. The summed E-state index contributed by atoms with van der Waals surface area (Å²) in [6.45, 7) is 1.76. The highest BCUT2D eigenvalue weighted by Crippen LogP contribution is 2.20. The van der Waals surface area contributed by atoms with Gasteiger partial charge in [0.1, 0.15) is 42.3 Å². The fourth-order valence-electron chi connectivity index (χ4n) is 7.51. The highest BCUT2D eigenvalue weighted by atomic mass is 32.1. The van der Waals surface area contributed by atoms with E-state index in [0.29, 0.717) is 29.8 Å². The Morgan fingerprint density at radius 2 is 1.12 bits per heavy atom. The summed E-state index contributed by atoms with van der Waals surface area (Å²) in [5.41, 5.74) is 19.1. The summed E-state index contributed by atoms with van der Waals surface area (Å²) in [6, 6.07) is 5.36. The summed E-state index contributed by atoms with van der Waals surface area (Å²) in [5.74, 6) is -7.98. The molecule has 75 heavy (non-hydrogen) atoms.